The van der Waals surface area contributed by atoms with Crippen molar-refractivity contribution < 1.29 is 4.79 Å². The first-order valence-electron chi connectivity index (χ1n) is 8.91. The van der Waals surface area contributed by atoms with Crippen LogP contribution in [0.5, 0.6) is 0 Å². The predicted octanol–water partition coefficient (Wildman–Crippen LogP) is 3.98. The van der Waals surface area contributed by atoms with Gasteiger partial charge in [-0.3, -0.25) is 9.48 Å². The Morgan fingerprint density at radius 3 is 2.83 bits per heavy atom. The van der Waals surface area contributed by atoms with Gasteiger partial charge in [0.05, 0.1) is 6.20 Å². The number of aromatic nitrogens is 3. The summed E-state index contributed by atoms with van der Waals surface area (Å²) < 4.78 is 1.75. The number of aryl methyl sites for hydroxylation is 1. The number of amides is 1. The third-order valence-electron chi connectivity index (χ3n) is 4.66. The Morgan fingerprint density at radius 2 is 2.17 bits per heavy atom. The van der Waals surface area contributed by atoms with Gasteiger partial charge in [0, 0.05) is 37.3 Å². The molecule has 0 aliphatic heterocycles. The molecule has 1 amide bonds. The van der Waals surface area contributed by atoms with Crippen molar-refractivity contribution in [3.05, 3.63) is 23.5 Å². The van der Waals surface area contributed by atoms with E-state index in [0.717, 1.165) is 30.1 Å². The molecule has 0 N–H and O–H groups in total. The topological polar surface area (TPSA) is 51.0 Å². The van der Waals surface area contributed by atoms with E-state index < -0.39 is 0 Å². The molecule has 2 heterocycles. The Bertz CT molecular complexity index is 672. The lowest BCUT2D eigenvalue weighted by Crippen LogP contribution is -2.36. The normalized spacial score (nSPS) is 15.6. The molecule has 1 aliphatic carbocycles. The van der Waals surface area contributed by atoms with E-state index in [1.807, 2.05) is 23.5 Å². The molecular weight excluding hydrogens is 320 g/mol. The molecule has 3 rings (SSSR count). The molecule has 2 aromatic heterocycles. The van der Waals surface area contributed by atoms with Gasteiger partial charge in [-0.05, 0) is 25.2 Å². The highest BCUT2D eigenvalue weighted by Crippen LogP contribution is 2.26. The third-order valence-corrected chi connectivity index (χ3v) is 5.55. The van der Waals surface area contributed by atoms with Crippen molar-refractivity contribution in [2.75, 3.05) is 13.1 Å². The summed E-state index contributed by atoms with van der Waals surface area (Å²) in [5, 5.41) is 6.92. The van der Waals surface area contributed by atoms with Crippen molar-refractivity contribution in [1.29, 1.82) is 0 Å². The van der Waals surface area contributed by atoms with Crippen molar-refractivity contribution in [3.8, 4) is 10.6 Å². The largest absolute Gasteiger partial charge is 0.337 e. The Morgan fingerprint density at radius 1 is 1.38 bits per heavy atom. The van der Waals surface area contributed by atoms with Crippen LogP contribution in [0.15, 0.2) is 17.8 Å². The van der Waals surface area contributed by atoms with E-state index in [4.69, 9.17) is 0 Å². The van der Waals surface area contributed by atoms with Crippen LogP contribution in [0.25, 0.3) is 10.6 Å². The molecule has 24 heavy (non-hydrogen) atoms. The molecule has 0 spiro atoms. The first-order chi connectivity index (χ1) is 11.7. The van der Waals surface area contributed by atoms with Crippen molar-refractivity contribution in [3.63, 3.8) is 0 Å². The van der Waals surface area contributed by atoms with Crippen LogP contribution < -0.4 is 0 Å². The first-order valence-corrected chi connectivity index (χ1v) is 9.79. The van der Waals surface area contributed by atoms with E-state index in [-0.39, 0.29) is 5.91 Å². The quantitative estimate of drug-likeness (QED) is 0.795. The molecular formula is C18H26N4OS. The number of hydrogen-bond donors (Lipinski definition) is 0. The van der Waals surface area contributed by atoms with Crippen LogP contribution in [-0.4, -0.2) is 38.7 Å². The summed E-state index contributed by atoms with van der Waals surface area (Å²) >= 11 is 1.51. The molecule has 1 fully saturated rings. The van der Waals surface area contributed by atoms with Gasteiger partial charge in [0.25, 0.3) is 5.91 Å². The van der Waals surface area contributed by atoms with Gasteiger partial charge in [-0.2, -0.15) is 5.10 Å². The van der Waals surface area contributed by atoms with Gasteiger partial charge < -0.3 is 4.90 Å². The maximum absolute atomic E-state index is 12.9. The lowest BCUT2D eigenvalue weighted by atomic mass is 9.89. The van der Waals surface area contributed by atoms with E-state index in [9.17, 15) is 4.79 Å². The van der Waals surface area contributed by atoms with Crippen LogP contribution >= 0.6 is 11.3 Å². The average Bonchev–Trinajstić information content (AvgIpc) is 3.23. The SMILES string of the molecule is CCCN(CC1CCCCC1)C(=O)c1csc(-c2cnn(C)c2)n1. The molecule has 0 unspecified atom stereocenters. The molecule has 0 saturated heterocycles. The van der Waals surface area contributed by atoms with Crippen LogP contribution in [-0.2, 0) is 7.05 Å². The summed E-state index contributed by atoms with van der Waals surface area (Å²) in [4.78, 5) is 19.5. The Labute approximate surface area is 147 Å². The molecule has 0 aromatic carbocycles. The Balaban J connectivity index is 1.71. The van der Waals surface area contributed by atoms with Crippen molar-refractivity contribution >= 4 is 17.2 Å². The minimum atomic E-state index is 0.0776. The number of carbonyl (C=O) groups is 1. The van der Waals surface area contributed by atoms with Crippen molar-refractivity contribution in [2.24, 2.45) is 13.0 Å². The van der Waals surface area contributed by atoms with Gasteiger partial charge in [-0.1, -0.05) is 26.2 Å². The zero-order chi connectivity index (χ0) is 16.9. The summed E-state index contributed by atoms with van der Waals surface area (Å²) in [6.45, 7) is 3.82. The Hall–Kier alpha value is -1.69. The second-order valence-electron chi connectivity index (χ2n) is 6.70. The van der Waals surface area contributed by atoms with E-state index in [1.54, 1.807) is 10.9 Å². The maximum Gasteiger partial charge on any atom is 0.273 e. The average molecular weight is 346 g/mol. The van der Waals surface area contributed by atoms with Crippen molar-refractivity contribution in [2.45, 2.75) is 45.4 Å². The van der Waals surface area contributed by atoms with Crippen LogP contribution in [0.3, 0.4) is 0 Å². The van der Waals surface area contributed by atoms with Gasteiger partial charge in [0.1, 0.15) is 10.7 Å². The number of rotatable bonds is 6. The molecule has 1 saturated carbocycles. The molecule has 5 nitrogen and oxygen atoms in total. The standard InChI is InChI=1S/C18H26N4OS/c1-3-9-22(11-14-7-5-4-6-8-14)18(23)16-13-24-17(20-16)15-10-19-21(2)12-15/h10,12-14H,3-9,11H2,1-2H3. The zero-order valence-electron chi connectivity index (χ0n) is 14.6. The molecule has 1 aliphatic rings. The van der Waals surface area contributed by atoms with E-state index in [0.29, 0.717) is 11.6 Å². The lowest BCUT2D eigenvalue weighted by molar-refractivity contribution is 0.0709. The van der Waals surface area contributed by atoms with Crippen LogP contribution in [0.1, 0.15) is 55.9 Å². The fraction of sp³-hybridized carbons (Fsp3) is 0.611. The second kappa shape index (κ2) is 7.92. The Kier molecular flexibility index (Phi) is 5.66. The molecule has 2 aromatic rings. The number of hydrogen-bond acceptors (Lipinski definition) is 4. The van der Waals surface area contributed by atoms with Crippen LogP contribution in [0, 0.1) is 5.92 Å². The first kappa shape index (κ1) is 17.1. The zero-order valence-corrected chi connectivity index (χ0v) is 15.4. The minimum absolute atomic E-state index is 0.0776. The molecule has 0 atom stereocenters. The van der Waals surface area contributed by atoms with Crippen LogP contribution in [0.2, 0.25) is 0 Å². The van der Waals surface area contributed by atoms with Crippen molar-refractivity contribution in [1.82, 2.24) is 19.7 Å². The van der Waals surface area contributed by atoms with Gasteiger partial charge in [0.15, 0.2) is 0 Å². The monoisotopic (exact) mass is 346 g/mol. The summed E-state index contributed by atoms with van der Waals surface area (Å²) in [7, 11) is 1.89. The molecule has 0 radical (unpaired) electrons. The summed E-state index contributed by atoms with van der Waals surface area (Å²) in [6.07, 6.45) is 11.2. The maximum atomic E-state index is 12.9. The minimum Gasteiger partial charge on any atom is -0.337 e. The highest BCUT2D eigenvalue weighted by atomic mass is 32.1. The highest BCUT2D eigenvalue weighted by molar-refractivity contribution is 7.13. The molecule has 0 bridgehead atoms. The van der Waals surface area contributed by atoms with Gasteiger partial charge in [-0.25, -0.2) is 4.98 Å². The number of carbonyl (C=O) groups excluding carboxylic acids is 1. The van der Waals surface area contributed by atoms with E-state index in [2.05, 4.69) is 17.0 Å². The smallest absolute Gasteiger partial charge is 0.273 e. The van der Waals surface area contributed by atoms with Gasteiger partial charge >= 0.3 is 0 Å². The van der Waals surface area contributed by atoms with Gasteiger partial charge in [0.2, 0.25) is 0 Å². The number of thiazole rings is 1. The summed E-state index contributed by atoms with van der Waals surface area (Å²) in [5.74, 6) is 0.736. The number of nitrogens with zero attached hydrogens (tertiary/aromatic N) is 4. The third kappa shape index (κ3) is 4.04. The summed E-state index contributed by atoms with van der Waals surface area (Å²) in [6, 6.07) is 0. The predicted molar refractivity (Wildman–Crippen MR) is 97.1 cm³/mol. The molecule has 130 valence electrons. The highest BCUT2D eigenvalue weighted by Gasteiger charge is 2.23. The van der Waals surface area contributed by atoms with Gasteiger partial charge in [-0.15, -0.1) is 11.3 Å². The molecule has 6 heteroatoms. The fourth-order valence-electron chi connectivity index (χ4n) is 3.43. The summed E-state index contributed by atoms with van der Waals surface area (Å²) in [5.41, 5.74) is 1.54. The van der Waals surface area contributed by atoms with E-state index >= 15 is 0 Å². The van der Waals surface area contributed by atoms with E-state index in [1.165, 1.54) is 43.4 Å². The van der Waals surface area contributed by atoms with Crippen LogP contribution in [0.4, 0.5) is 0 Å². The fourth-order valence-corrected chi connectivity index (χ4v) is 4.19. The second-order valence-corrected chi connectivity index (χ2v) is 7.55. The lowest BCUT2D eigenvalue weighted by Gasteiger charge is -2.29.